The molecule has 0 aliphatic carbocycles. The van der Waals surface area contributed by atoms with E-state index in [9.17, 15) is 0 Å². The maximum Gasteiger partial charge on any atom is 0.250 e. The van der Waals surface area contributed by atoms with Gasteiger partial charge in [0.25, 0.3) is 8.32 Å². The molecule has 4 heteroatoms. The number of hydrogen-bond donors (Lipinski definition) is 0. The quantitative estimate of drug-likeness (QED) is 0.500. The predicted octanol–water partition coefficient (Wildman–Crippen LogP) is 4.97. The Hall–Kier alpha value is -1.68. The highest BCUT2D eigenvalue weighted by Crippen LogP contribution is 2.38. The van der Waals surface area contributed by atoms with Crippen molar-refractivity contribution in [3.63, 3.8) is 0 Å². The first-order valence-corrected chi connectivity index (χ1v) is 10.6. The Kier molecular flexibility index (Phi) is 5.72. The second kappa shape index (κ2) is 7.54. The van der Waals surface area contributed by atoms with E-state index in [4.69, 9.17) is 13.9 Å². The predicted molar refractivity (Wildman–Crippen MR) is 93.3 cm³/mol. The highest BCUT2D eigenvalue weighted by molar-refractivity contribution is 6.74. The van der Waals surface area contributed by atoms with Gasteiger partial charge in [0.2, 0.25) is 0 Å². The zero-order valence-corrected chi connectivity index (χ0v) is 14.9. The van der Waals surface area contributed by atoms with Crippen LogP contribution in [-0.2, 0) is 9.16 Å². The molecular formula is C18H26O3Si. The first kappa shape index (κ1) is 16.7. The average molecular weight is 318 g/mol. The van der Waals surface area contributed by atoms with Crippen LogP contribution in [0.5, 0.6) is 5.75 Å². The van der Waals surface area contributed by atoms with E-state index in [1.165, 1.54) is 0 Å². The second-order valence-corrected chi connectivity index (χ2v) is 10.2. The van der Waals surface area contributed by atoms with Gasteiger partial charge in [-0.15, -0.1) is 0 Å². The van der Waals surface area contributed by atoms with Crippen molar-refractivity contribution in [3.05, 3.63) is 48.2 Å². The minimum Gasteiger partial charge on any atom is -0.541 e. The molecule has 120 valence electrons. The van der Waals surface area contributed by atoms with Crippen LogP contribution in [0.4, 0.5) is 0 Å². The molecule has 0 saturated heterocycles. The van der Waals surface area contributed by atoms with Gasteiger partial charge in [-0.1, -0.05) is 45.6 Å². The van der Waals surface area contributed by atoms with Crippen LogP contribution in [0.25, 0.3) is 5.76 Å². The normalized spacial score (nSPS) is 14.1. The Bertz CT molecular complexity index is 539. The Morgan fingerprint density at radius 2 is 1.86 bits per heavy atom. The summed E-state index contributed by atoms with van der Waals surface area (Å²) in [5.74, 6) is 2.53. The minimum atomic E-state index is -1.77. The molecule has 0 bridgehead atoms. The molecule has 0 amide bonds. The smallest absolute Gasteiger partial charge is 0.250 e. The van der Waals surface area contributed by atoms with Gasteiger partial charge in [-0.3, -0.25) is 0 Å². The van der Waals surface area contributed by atoms with Crippen molar-refractivity contribution in [2.24, 2.45) is 0 Å². The summed E-state index contributed by atoms with van der Waals surface area (Å²) in [5, 5.41) is 0. The molecule has 0 N–H and O–H groups in total. The molecule has 22 heavy (non-hydrogen) atoms. The summed E-state index contributed by atoms with van der Waals surface area (Å²) in [7, 11) is -1.77. The van der Waals surface area contributed by atoms with Crippen LogP contribution in [0.2, 0.25) is 18.1 Å². The topological polar surface area (TPSA) is 27.7 Å². The van der Waals surface area contributed by atoms with E-state index in [0.717, 1.165) is 41.0 Å². The minimum absolute atomic E-state index is 0.418. The maximum absolute atomic E-state index is 6.64. The third-order valence-corrected chi connectivity index (χ3v) is 8.87. The Morgan fingerprint density at radius 3 is 2.50 bits per heavy atom. The molecule has 0 radical (unpaired) electrons. The highest BCUT2D eigenvalue weighted by Gasteiger charge is 2.35. The number of para-hydroxylation sites is 1. The van der Waals surface area contributed by atoms with Gasteiger partial charge < -0.3 is 13.9 Å². The van der Waals surface area contributed by atoms with Crippen LogP contribution >= 0.6 is 0 Å². The van der Waals surface area contributed by atoms with E-state index in [1.807, 2.05) is 24.3 Å². The van der Waals surface area contributed by atoms with Crippen molar-refractivity contribution in [2.45, 2.75) is 38.9 Å². The molecular weight excluding hydrogens is 292 g/mol. The van der Waals surface area contributed by atoms with E-state index < -0.39 is 8.32 Å². The van der Waals surface area contributed by atoms with Gasteiger partial charge in [0.1, 0.15) is 19.0 Å². The maximum atomic E-state index is 6.64. The van der Waals surface area contributed by atoms with Crippen molar-refractivity contribution < 1.29 is 13.9 Å². The zero-order valence-electron chi connectivity index (χ0n) is 13.9. The SMILES string of the molecule is C=CCOC1=C(O[Si](CC)(CC)CC)c2ccccc2OC1. The van der Waals surface area contributed by atoms with Crippen LogP contribution in [0, 0.1) is 0 Å². The Morgan fingerprint density at radius 1 is 1.18 bits per heavy atom. The lowest BCUT2D eigenvalue weighted by Gasteiger charge is -2.33. The van der Waals surface area contributed by atoms with Crippen LogP contribution in [-0.4, -0.2) is 21.5 Å². The van der Waals surface area contributed by atoms with Crippen molar-refractivity contribution in [2.75, 3.05) is 13.2 Å². The van der Waals surface area contributed by atoms with Crippen LogP contribution < -0.4 is 4.74 Å². The molecule has 0 saturated carbocycles. The lowest BCUT2D eigenvalue weighted by Crippen LogP contribution is -2.36. The lowest BCUT2D eigenvalue weighted by atomic mass is 10.1. The van der Waals surface area contributed by atoms with E-state index >= 15 is 0 Å². The van der Waals surface area contributed by atoms with Crippen molar-refractivity contribution in [3.8, 4) is 5.75 Å². The first-order chi connectivity index (χ1) is 10.7. The van der Waals surface area contributed by atoms with Gasteiger partial charge in [-0.05, 0) is 30.3 Å². The average Bonchev–Trinajstić information content (AvgIpc) is 2.58. The third kappa shape index (κ3) is 3.38. The highest BCUT2D eigenvalue weighted by atomic mass is 28.4. The molecule has 0 atom stereocenters. The number of hydrogen-bond acceptors (Lipinski definition) is 3. The molecule has 0 fully saturated rings. The van der Waals surface area contributed by atoms with E-state index in [1.54, 1.807) is 6.08 Å². The molecule has 1 aliphatic rings. The molecule has 1 aromatic rings. The molecule has 0 unspecified atom stereocenters. The van der Waals surface area contributed by atoms with E-state index in [-0.39, 0.29) is 0 Å². The Balaban J connectivity index is 2.42. The molecule has 0 aromatic heterocycles. The molecule has 1 heterocycles. The summed E-state index contributed by atoms with van der Waals surface area (Å²) in [5.41, 5.74) is 1.00. The lowest BCUT2D eigenvalue weighted by molar-refractivity contribution is 0.180. The molecule has 0 spiro atoms. The number of rotatable bonds is 8. The van der Waals surface area contributed by atoms with Gasteiger partial charge in [-0.25, -0.2) is 0 Å². The van der Waals surface area contributed by atoms with Gasteiger partial charge in [-0.2, -0.15) is 0 Å². The van der Waals surface area contributed by atoms with E-state index in [2.05, 4.69) is 27.4 Å². The molecule has 3 nitrogen and oxygen atoms in total. The fourth-order valence-corrected chi connectivity index (χ4v) is 5.29. The second-order valence-electron chi connectivity index (χ2n) is 5.48. The van der Waals surface area contributed by atoms with Crippen molar-refractivity contribution in [1.29, 1.82) is 0 Å². The van der Waals surface area contributed by atoms with Gasteiger partial charge in [0.05, 0.1) is 5.56 Å². The van der Waals surface area contributed by atoms with E-state index in [0.29, 0.717) is 13.2 Å². The zero-order chi connectivity index (χ0) is 16.0. The van der Waals surface area contributed by atoms with Crippen LogP contribution in [0.3, 0.4) is 0 Å². The summed E-state index contributed by atoms with van der Waals surface area (Å²) >= 11 is 0. The monoisotopic (exact) mass is 318 g/mol. The standard InChI is InChI=1S/C18H26O3Si/c1-5-13-19-17-14-20-16-12-10-9-11-15(16)18(17)21-22(6-2,7-3)8-4/h5,9-12H,1,6-8,13-14H2,2-4H3. The largest absolute Gasteiger partial charge is 0.541 e. The summed E-state index contributed by atoms with van der Waals surface area (Å²) in [6.45, 7) is 11.3. The Labute approximate surface area is 134 Å². The number of fused-ring (bicyclic) bond motifs is 1. The summed E-state index contributed by atoms with van der Waals surface area (Å²) in [6.07, 6.45) is 1.75. The molecule has 1 aliphatic heterocycles. The summed E-state index contributed by atoms with van der Waals surface area (Å²) in [4.78, 5) is 0. The fraction of sp³-hybridized carbons (Fsp3) is 0.444. The van der Waals surface area contributed by atoms with Gasteiger partial charge >= 0.3 is 0 Å². The number of benzene rings is 1. The molecule has 1 aromatic carbocycles. The first-order valence-electron chi connectivity index (χ1n) is 8.07. The van der Waals surface area contributed by atoms with Crippen LogP contribution in [0.1, 0.15) is 26.3 Å². The summed E-state index contributed by atoms with van der Waals surface area (Å²) in [6, 6.07) is 11.3. The van der Waals surface area contributed by atoms with Gasteiger partial charge in [0, 0.05) is 0 Å². The molecule has 2 rings (SSSR count). The van der Waals surface area contributed by atoms with Crippen LogP contribution in [0.15, 0.2) is 42.7 Å². The summed E-state index contributed by atoms with van der Waals surface area (Å²) < 4.78 is 18.3. The third-order valence-electron chi connectivity index (χ3n) is 4.37. The van der Waals surface area contributed by atoms with Gasteiger partial charge in [0.15, 0.2) is 11.5 Å². The fourth-order valence-electron chi connectivity index (χ4n) is 2.70. The van der Waals surface area contributed by atoms with Crippen molar-refractivity contribution >= 4 is 14.1 Å². The number of ether oxygens (including phenoxy) is 2. The van der Waals surface area contributed by atoms with Crippen molar-refractivity contribution in [1.82, 2.24) is 0 Å².